The molecule has 0 atom stereocenters. The molecule has 114 valence electrons. The van der Waals surface area contributed by atoms with Gasteiger partial charge in [-0.3, -0.25) is 0 Å². The Balaban J connectivity index is 2.83. The summed E-state index contributed by atoms with van der Waals surface area (Å²) in [5.74, 6) is -0.216. The van der Waals surface area contributed by atoms with E-state index in [2.05, 4.69) is 4.72 Å². The number of sulfone groups is 1. The first kappa shape index (κ1) is 17.1. The molecule has 0 saturated heterocycles. The molecule has 5 nitrogen and oxygen atoms in total. The smallest absolute Gasteiger partial charge is 0.229 e. The van der Waals surface area contributed by atoms with Gasteiger partial charge in [0.25, 0.3) is 0 Å². The predicted octanol–water partition coefficient (Wildman–Crippen LogP) is 1.31. The molecule has 1 rings (SSSR count). The van der Waals surface area contributed by atoms with E-state index in [0.717, 1.165) is 11.8 Å². The summed E-state index contributed by atoms with van der Waals surface area (Å²) >= 11 is 0. The Bertz CT molecular complexity index is 653. The van der Waals surface area contributed by atoms with Crippen LogP contribution in [0.2, 0.25) is 0 Å². The largest absolute Gasteiger partial charge is 0.240 e. The molecule has 0 fully saturated rings. The quantitative estimate of drug-likeness (QED) is 0.887. The third kappa shape index (κ3) is 5.22. The van der Waals surface area contributed by atoms with Crippen molar-refractivity contribution in [3.63, 3.8) is 0 Å². The Hall–Kier alpha value is -0.920. The third-order valence-electron chi connectivity index (χ3n) is 2.80. The minimum Gasteiger partial charge on any atom is -0.229 e. The maximum Gasteiger partial charge on any atom is 0.240 e. The van der Waals surface area contributed by atoms with Gasteiger partial charge in [0.15, 0.2) is 0 Å². The Labute approximate surface area is 121 Å². The van der Waals surface area contributed by atoms with Crippen LogP contribution in [0.5, 0.6) is 0 Å². The number of benzene rings is 1. The Kier molecular flexibility index (Phi) is 4.99. The first-order valence-corrected chi connectivity index (χ1v) is 9.74. The second kappa shape index (κ2) is 5.83. The van der Waals surface area contributed by atoms with Gasteiger partial charge in [0.05, 0.1) is 10.6 Å². The molecular weight excluding hydrogens is 298 g/mol. The highest BCUT2D eigenvalue weighted by Crippen LogP contribution is 2.23. The van der Waals surface area contributed by atoms with Crippen LogP contribution in [0.1, 0.15) is 26.3 Å². The van der Waals surface area contributed by atoms with Crippen LogP contribution < -0.4 is 4.72 Å². The van der Waals surface area contributed by atoms with Gasteiger partial charge in [-0.2, -0.15) is 0 Å². The van der Waals surface area contributed by atoms with Gasteiger partial charge in [-0.25, -0.2) is 21.6 Å². The molecular formula is C13H21NO4S2. The van der Waals surface area contributed by atoms with E-state index in [9.17, 15) is 16.8 Å². The first-order valence-electron chi connectivity index (χ1n) is 6.20. The van der Waals surface area contributed by atoms with Crippen LogP contribution in [0.4, 0.5) is 0 Å². The number of hydrogen-bond donors (Lipinski definition) is 1. The van der Waals surface area contributed by atoms with Crippen molar-refractivity contribution in [2.45, 2.75) is 31.1 Å². The summed E-state index contributed by atoms with van der Waals surface area (Å²) in [6.07, 6.45) is 1.07. The minimum atomic E-state index is -3.66. The van der Waals surface area contributed by atoms with E-state index < -0.39 is 19.9 Å². The number of sulfonamides is 1. The fraction of sp³-hybridized carbons (Fsp3) is 0.538. The summed E-state index contributed by atoms with van der Waals surface area (Å²) in [7, 11) is -6.84. The van der Waals surface area contributed by atoms with Gasteiger partial charge in [-0.1, -0.05) is 32.9 Å². The molecule has 1 N–H and O–H groups in total. The molecule has 0 unspecified atom stereocenters. The Morgan fingerprint density at radius 2 is 1.50 bits per heavy atom. The van der Waals surface area contributed by atoms with Crippen molar-refractivity contribution in [3.05, 3.63) is 29.8 Å². The molecule has 0 aliphatic carbocycles. The van der Waals surface area contributed by atoms with E-state index >= 15 is 0 Å². The maximum atomic E-state index is 12.0. The summed E-state index contributed by atoms with van der Waals surface area (Å²) in [5.41, 5.74) is 0.985. The zero-order valence-electron chi connectivity index (χ0n) is 12.2. The van der Waals surface area contributed by atoms with Crippen molar-refractivity contribution >= 4 is 19.9 Å². The van der Waals surface area contributed by atoms with Gasteiger partial charge in [0.1, 0.15) is 9.84 Å². The number of hydrogen-bond acceptors (Lipinski definition) is 4. The monoisotopic (exact) mass is 319 g/mol. The van der Waals surface area contributed by atoms with Gasteiger partial charge in [0, 0.05) is 12.8 Å². The van der Waals surface area contributed by atoms with Crippen molar-refractivity contribution in [2.75, 3.05) is 18.6 Å². The second-order valence-corrected chi connectivity index (χ2v) is 9.83. The van der Waals surface area contributed by atoms with Gasteiger partial charge in [-0.15, -0.1) is 0 Å². The van der Waals surface area contributed by atoms with Crippen molar-refractivity contribution in [3.8, 4) is 0 Å². The number of rotatable bonds is 5. The number of nitrogens with one attached hydrogen (secondary N) is 1. The predicted molar refractivity (Wildman–Crippen MR) is 80.0 cm³/mol. The SMILES string of the molecule is CC(C)(C)c1ccc(S(=O)(=O)NCCS(C)(=O)=O)cc1. The Morgan fingerprint density at radius 1 is 1.00 bits per heavy atom. The normalized spacial score (nSPS) is 13.4. The standard InChI is InChI=1S/C13H21NO4S2/c1-13(2,3)11-5-7-12(8-6-11)20(17,18)14-9-10-19(4,15)16/h5-8,14H,9-10H2,1-4H3. The molecule has 0 bridgehead atoms. The molecule has 1 aromatic rings. The van der Waals surface area contributed by atoms with Crippen LogP contribution in [0.25, 0.3) is 0 Å². The lowest BCUT2D eigenvalue weighted by Crippen LogP contribution is -2.29. The van der Waals surface area contributed by atoms with Crippen molar-refractivity contribution < 1.29 is 16.8 Å². The molecule has 0 spiro atoms. The third-order valence-corrected chi connectivity index (χ3v) is 5.22. The van der Waals surface area contributed by atoms with Crippen LogP contribution in [-0.4, -0.2) is 35.4 Å². The molecule has 1 aromatic carbocycles. The topological polar surface area (TPSA) is 80.3 Å². The van der Waals surface area contributed by atoms with E-state index in [4.69, 9.17) is 0 Å². The Morgan fingerprint density at radius 3 is 1.90 bits per heavy atom. The lowest BCUT2D eigenvalue weighted by molar-refractivity contribution is 0.578. The van der Waals surface area contributed by atoms with Crippen LogP contribution in [0, 0.1) is 0 Å². The average molecular weight is 319 g/mol. The minimum absolute atomic E-state index is 0.0496. The second-order valence-electron chi connectivity index (χ2n) is 5.80. The summed E-state index contributed by atoms with van der Waals surface area (Å²) < 4.78 is 48.2. The van der Waals surface area contributed by atoms with E-state index in [-0.39, 0.29) is 22.6 Å². The highest BCUT2D eigenvalue weighted by atomic mass is 32.2. The first-order chi connectivity index (χ1) is 8.92. The molecule has 0 heterocycles. The van der Waals surface area contributed by atoms with E-state index in [1.54, 1.807) is 12.1 Å². The van der Waals surface area contributed by atoms with Crippen molar-refractivity contribution in [1.82, 2.24) is 4.72 Å². The van der Waals surface area contributed by atoms with Gasteiger partial charge < -0.3 is 0 Å². The van der Waals surface area contributed by atoms with Crippen molar-refractivity contribution in [2.24, 2.45) is 0 Å². The lowest BCUT2D eigenvalue weighted by Gasteiger charge is -2.19. The zero-order valence-corrected chi connectivity index (χ0v) is 13.8. The summed E-state index contributed by atoms with van der Waals surface area (Å²) in [6, 6.07) is 6.60. The molecule has 0 saturated carbocycles. The molecule has 0 aliphatic rings. The maximum absolute atomic E-state index is 12.0. The summed E-state index contributed by atoms with van der Waals surface area (Å²) in [4.78, 5) is 0.138. The van der Waals surface area contributed by atoms with E-state index in [1.165, 1.54) is 12.1 Å². The van der Waals surface area contributed by atoms with Gasteiger partial charge in [-0.05, 0) is 23.1 Å². The van der Waals surface area contributed by atoms with Gasteiger partial charge in [0.2, 0.25) is 10.0 Å². The van der Waals surface area contributed by atoms with Gasteiger partial charge >= 0.3 is 0 Å². The van der Waals surface area contributed by atoms with E-state index in [1.807, 2.05) is 20.8 Å². The van der Waals surface area contributed by atoms with Crippen LogP contribution in [0.15, 0.2) is 29.2 Å². The molecule has 0 radical (unpaired) electrons. The lowest BCUT2D eigenvalue weighted by atomic mass is 9.87. The molecule has 7 heteroatoms. The fourth-order valence-corrected chi connectivity index (χ4v) is 3.21. The van der Waals surface area contributed by atoms with Crippen LogP contribution in [0.3, 0.4) is 0 Å². The highest BCUT2D eigenvalue weighted by molar-refractivity contribution is 7.91. The highest BCUT2D eigenvalue weighted by Gasteiger charge is 2.17. The molecule has 20 heavy (non-hydrogen) atoms. The zero-order chi connectivity index (χ0) is 15.6. The van der Waals surface area contributed by atoms with Crippen LogP contribution >= 0.6 is 0 Å². The van der Waals surface area contributed by atoms with Crippen molar-refractivity contribution in [1.29, 1.82) is 0 Å². The fourth-order valence-electron chi connectivity index (χ4n) is 1.58. The average Bonchev–Trinajstić information content (AvgIpc) is 2.26. The van der Waals surface area contributed by atoms with E-state index in [0.29, 0.717) is 0 Å². The molecule has 0 amide bonds. The molecule has 0 aliphatic heterocycles. The summed E-state index contributed by atoms with van der Waals surface area (Å²) in [6.45, 7) is 6.00. The van der Waals surface area contributed by atoms with Crippen LogP contribution in [-0.2, 0) is 25.3 Å². The summed E-state index contributed by atoms with van der Waals surface area (Å²) in [5, 5.41) is 0. The molecule has 0 aromatic heterocycles.